The van der Waals surface area contributed by atoms with Crippen molar-refractivity contribution in [2.24, 2.45) is 0 Å². The topological polar surface area (TPSA) is 20.2 Å². The van der Waals surface area contributed by atoms with Crippen LogP contribution in [0.5, 0.6) is 5.75 Å². The SMILES string of the molecule is CC(C)(C)c1cc(CCC(F)F)cc(C(C)(C)C)c1O. The molecule has 1 nitrogen and oxygen atoms in total. The number of hydrogen-bond acceptors (Lipinski definition) is 1. The van der Waals surface area contributed by atoms with Crippen molar-refractivity contribution < 1.29 is 13.9 Å². The fourth-order valence-corrected chi connectivity index (χ4v) is 2.26. The minimum absolute atomic E-state index is 0.141. The number of aryl methyl sites for hydroxylation is 1. The molecular formula is C17H26F2O. The smallest absolute Gasteiger partial charge is 0.239 e. The molecule has 1 rings (SSSR count). The second kappa shape index (κ2) is 5.71. The largest absolute Gasteiger partial charge is 0.507 e. The lowest BCUT2D eigenvalue weighted by atomic mass is 9.78. The molecule has 0 unspecified atom stereocenters. The Balaban J connectivity index is 3.35. The molecule has 0 heterocycles. The Morgan fingerprint density at radius 1 is 0.950 bits per heavy atom. The van der Waals surface area contributed by atoms with Crippen LogP contribution in [0.25, 0.3) is 0 Å². The van der Waals surface area contributed by atoms with E-state index in [2.05, 4.69) is 0 Å². The van der Waals surface area contributed by atoms with Gasteiger partial charge in [0.2, 0.25) is 6.43 Å². The molecule has 0 saturated carbocycles. The van der Waals surface area contributed by atoms with Crippen molar-refractivity contribution in [3.8, 4) is 5.75 Å². The van der Waals surface area contributed by atoms with E-state index < -0.39 is 6.43 Å². The van der Waals surface area contributed by atoms with Gasteiger partial charge in [-0.3, -0.25) is 0 Å². The molecule has 0 fully saturated rings. The summed E-state index contributed by atoms with van der Waals surface area (Å²) in [6, 6.07) is 3.74. The molecule has 0 aliphatic carbocycles. The lowest BCUT2D eigenvalue weighted by Crippen LogP contribution is -2.18. The van der Waals surface area contributed by atoms with Crippen LogP contribution in [-0.2, 0) is 17.3 Å². The molecule has 20 heavy (non-hydrogen) atoms. The standard InChI is InChI=1S/C17H26F2O/c1-16(2,3)12-9-11(7-8-14(18)19)10-13(15(12)20)17(4,5)6/h9-10,14,20H,7-8H2,1-6H3. The fourth-order valence-electron chi connectivity index (χ4n) is 2.26. The molecule has 1 aromatic rings. The molecule has 0 aliphatic heterocycles. The van der Waals surface area contributed by atoms with E-state index >= 15 is 0 Å². The van der Waals surface area contributed by atoms with Crippen molar-refractivity contribution in [3.63, 3.8) is 0 Å². The van der Waals surface area contributed by atoms with Crippen LogP contribution in [0.3, 0.4) is 0 Å². The molecule has 0 atom stereocenters. The minimum Gasteiger partial charge on any atom is -0.507 e. The second-order valence-corrected chi connectivity index (χ2v) is 7.47. The predicted octanol–water partition coefficient (Wildman–Crippen LogP) is 5.18. The summed E-state index contributed by atoms with van der Waals surface area (Å²) in [5.74, 6) is 0.297. The molecule has 0 bridgehead atoms. The number of rotatable bonds is 3. The molecule has 0 saturated heterocycles. The maximum atomic E-state index is 12.4. The monoisotopic (exact) mass is 284 g/mol. The Morgan fingerprint density at radius 2 is 1.35 bits per heavy atom. The van der Waals surface area contributed by atoms with Gasteiger partial charge in [-0.1, -0.05) is 53.7 Å². The number of alkyl halides is 2. The third-order valence-electron chi connectivity index (χ3n) is 3.44. The van der Waals surface area contributed by atoms with Crippen LogP contribution in [0.2, 0.25) is 0 Å². The molecule has 1 N–H and O–H groups in total. The first-order valence-corrected chi connectivity index (χ1v) is 7.08. The Hall–Kier alpha value is -1.12. The lowest BCUT2D eigenvalue weighted by molar-refractivity contribution is 0.138. The van der Waals surface area contributed by atoms with Gasteiger partial charge in [-0.25, -0.2) is 8.78 Å². The maximum Gasteiger partial charge on any atom is 0.239 e. The molecule has 0 aliphatic rings. The number of aromatic hydroxyl groups is 1. The molecular weight excluding hydrogens is 258 g/mol. The van der Waals surface area contributed by atoms with Crippen molar-refractivity contribution in [3.05, 3.63) is 28.8 Å². The molecule has 0 spiro atoms. The average Bonchev–Trinajstić information content (AvgIpc) is 2.24. The van der Waals surface area contributed by atoms with Gasteiger partial charge in [0, 0.05) is 6.42 Å². The van der Waals surface area contributed by atoms with Crippen molar-refractivity contribution in [2.45, 2.75) is 71.6 Å². The first-order chi connectivity index (χ1) is 8.93. The van der Waals surface area contributed by atoms with E-state index in [0.717, 1.165) is 16.7 Å². The normalized spacial score (nSPS) is 13.1. The Bertz CT molecular complexity index is 430. The first kappa shape index (κ1) is 16.9. The number of halogens is 2. The number of benzene rings is 1. The van der Waals surface area contributed by atoms with Gasteiger partial charge in [0.15, 0.2) is 0 Å². The molecule has 0 amide bonds. The van der Waals surface area contributed by atoms with Crippen LogP contribution in [-0.4, -0.2) is 11.5 Å². The quantitative estimate of drug-likeness (QED) is 0.810. The summed E-state index contributed by atoms with van der Waals surface area (Å²) < 4.78 is 24.8. The summed E-state index contributed by atoms with van der Waals surface area (Å²) in [6.07, 6.45) is -2.10. The van der Waals surface area contributed by atoms with Crippen molar-refractivity contribution >= 4 is 0 Å². The van der Waals surface area contributed by atoms with Crippen molar-refractivity contribution in [1.82, 2.24) is 0 Å². The average molecular weight is 284 g/mol. The summed E-state index contributed by atoms with van der Waals surface area (Å²) in [6.45, 7) is 12.1. The number of phenolic OH excluding ortho intramolecular Hbond substituents is 1. The summed E-state index contributed by atoms with van der Waals surface area (Å²) in [7, 11) is 0. The second-order valence-electron chi connectivity index (χ2n) is 7.47. The zero-order valence-corrected chi connectivity index (χ0v) is 13.3. The van der Waals surface area contributed by atoms with E-state index in [1.54, 1.807) is 0 Å². The van der Waals surface area contributed by atoms with Crippen LogP contribution in [0.15, 0.2) is 12.1 Å². The van der Waals surface area contributed by atoms with E-state index in [-0.39, 0.29) is 17.3 Å². The maximum absolute atomic E-state index is 12.4. The van der Waals surface area contributed by atoms with E-state index in [1.165, 1.54) is 0 Å². The van der Waals surface area contributed by atoms with Crippen LogP contribution in [0.1, 0.15) is 64.7 Å². The fraction of sp³-hybridized carbons (Fsp3) is 0.647. The van der Waals surface area contributed by atoms with Crippen LogP contribution in [0, 0.1) is 0 Å². The summed E-state index contributed by atoms with van der Waals surface area (Å²) in [5.41, 5.74) is 2.09. The lowest BCUT2D eigenvalue weighted by Gasteiger charge is -2.28. The molecule has 3 heteroatoms. The Kier molecular flexibility index (Phi) is 4.83. The van der Waals surface area contributed by atoms with Gasteiger partial charge >= 0.3 is 0 Å². The van der Waals surface area contributed by atoms with Gasteiger partial charge < -0.3 is 5.11 Å². The van der Waals surface area contributed by atoms with E-state index in [1.807, 2.05) is 53.7 Å². The molecule has 114 valence electrons. The zero-order chi connectivity index (χ0) is 15.7. The molecule has 1 aromatic carbocycles. The summed E-state index contributed by atoms with van der Waals surface area (Å²) in [5, 5.41) is 10.5. The molecule has 0 radical (unpaired) electrons. The minimum atomic E-state index is -2.29. The van der Waals surface area contributed by atoms with Crippen molar-refractivity contribution in [2.75, 3.05) is 0 Å². The highest BCUT2D eigenvalue weighted by atomic mass is 19.3. The van der Waals surface area contributed by atoms with Gasteiger partial charge in [-0.2, -0.15) is 0 Å². The Labute approximate surface area is 121 Å². The van der Waals surface area contributed by atoms with Gasteiger partial charge in [-0.05, 0) is 33.9 Å². The van der Waals surface area contributed by atoms with E-state index in [9.17, 15) is 13.9 Å². The van der Waals surface area contributed by atoms with E-state index in [0.29, 0.717) is 12.2 Å². The Morgan fingerprint density at radius 3 is 1.65 bits per heavy atom. The summed E-state index contributed by atoms with van der Waals surface area (Å²) in [4.78, 5) is 0. The van der Waals surface area contributed by atoms with E-state index in [4.69, 9.17) is 0 Å². The highest BCUT2D eigenvalue weighted by Crippen LogP contribution is 2.40. The van der Waals surface area contributed by atoms with Crippen LogP contribution >= 0.6 is 0 Å². The van der Waals surface area contributed by atoms with Gasteiger partial charge in [0.1, 0.15) is 5.75 Å². The predicted molar refractivity (Wildman–Crippen MR) is 79.8 cm³/mol. The van der Waals surface area contributed by atoms with Crippen LogP contribution < -0.4 is 0 Å². The van der Waals surface area contributed by atoms with Gasteiger partial charge in [0.05, 0.1) is 0 Å². The third kappa shape index (κ3) is 4.19. The number of hydrogen-bond donors (Lipinski definition) is 1. The highest BCUT2D eigenvalue weighted by molar-refractivity contribution is 5.49. The van der Waals surface area contributed by atoms with Gasteiger partial charge in [0.25, 0.3) is 0 Å². The third-order valence-corrected chi connectivity index (χ3v) is 3.44. The molecule has 0 aromatic heterocycles. The van der Waals surface area contributed by atoms with Crippen LogP contribution in [0.4, 0.5) is 8.78 Å². The summed E-state index contributed by atoms with van der Waals surface area (Å²) >= 11 is 0. The van der Waals surface area contributed by atoms with Crippen molar-refractivity contribution in [1.29, 1.82) is 0 Å². The highest BCUT2D eigenvalue weighted by Gasteiger charge is 2.26. The zero-order valence-electron chi connectivity index (χ0n) is 13.3. The first-order valence-electron chi connectivity index (χ1n) is 7.08. The number of phenols is 1. The van der Waals surface area contributed by atoms with Gasteiger partial charge in [-0.15, -0.1) is 0 Å².